The van der Waals surface area contributed by atoms with Crippen molar-refractivity contribution in [1.29, 1.82) is 0 Å². The van der Waals surface area contributed by atoms with Crippen molar-refractivity contribution in [3.8, 4) is 0 Å². The van der Waals surface area contributed by atoms with Gasteiger partial charge in [-0.2, -0.15) is 0 Å². The summed E-state index contributed by atoms with van der Waals surface area (Å²) in [6.45, 7) is 4.58. The fraction of sp³-hybridized carbons (Fsp3) is 0.333. The van der Waals surface area contributed by atoms with Gasteiger partial charge >= 0.3 is 93.4 Å². The molecule has 0 spiro atoms. The van der Waals surface area contributed by atoms with Crippen molar-refractivity contribution < 1.29 is 39.6 Å². The Bertz CT molecular complexity index is 977. The van der Waals surface area contributed by atoms with E-state index in [1.807, 2.05) is 12.1 Å². The molecule has 8 nitrogen and oxygen atoms in total. The molecule has 2 rings (SSSR count). The second-order valence-electron chi connectivity index (χ2n) is 8.41. The molecule has 2 aromatic carbocycles. The summed E-state index contributed by atoms with van der Waals surface area (Å²) >= 11 is 0.149. The van der Waals surface area contributed by atoms with Crippen LogP contribution in [0.4, 0.5) is 0 Å². The predicted octanol–water partition coefficient (Wildman–Crippen LogP) is 5.78. The molecule has 0 atom stereocenters. The third kappa shape index (κ3) is 20.3. The van der Waals surface area contributed by atoms with Gasteiger partial charge in [0.25, 0.3) is 0 Å². The number of aliphatic carboxylic acids is 4. The number of carboxylic acids is 4. The van der Waals surface area contributed by atoms with Crippen LogP contribution in [0.15, 0.2) is 84.0 Å². The van der Waals surface area contributed by atoms with Gasteiger partial charge in [-0.05, 0) is 11.1 Å². The van der Waals surface area contributed by atoms with Gasteiger partial charge < -0.3 is 20.4 Å². The number of carboxylic acid groups (broad SMARTS) is 4. The van der Waals surface area contributed by atoms with Crippen LogP contribution in [0.2, 0.25) is 8.87 Å². The standard InChI is InChI=1S/2C11H10O4.2C4H9.Sn/c2*12-10(13)7-9(11(14)15)6-8-4-2-1-3-5-8;2*1-3-4-2;/h2*1-5,7H,6H2,(H,12,13)(H,14,15);2*1,3-4H2,2H3;/b2*9-7-;;;. The number of benzene rings is 2. The minimum Gasteiger partial charge on any atom is -0.478 e. The molecule has 0 aliphatic carbocycles. The van der Waals surface area contributed by atoms with Crippen LogP contribution in [0.25, 0.3) is 0 Å². The van der Waals surface area contributed by atoms with Gasteiger partial charge in [0.2, 0.25) is 0 Å². The Kier molecular flexibility index (Phi) is 20.6. The van der Waals surface area contributed by atoms with Crippen LogP contribution in [0.5, 0.6) is 0 Å². The van der Waals surface area contributed by atoms with Gasteiger partial charge in [-0.3, -0.25) is 0 Å². The smallest absolute Gasteiger partial charge is 0.332 e. The van der Waals surface area contributed by atoms with Gasteiger partial charge in [-0.1, -0.05) is 60.7 Å². The van der Waals surface area contributed by atoms with Crippen molar-refractivity contribution in [2.45, 2.75) is 61.2 Å². The molecule has 4 N–H and O–H groups in total. The minimum absolute atomic E-state index is 0.114. The van der Waals surface area contributed by atoms with E-state index in [1.54, 1.807) is 57.4 Å². The van der Waals surface area contributed by atoms with E-state index >= 15 is 0 Å². The Morgan fingerprint density at radius 2 is 0.949 bits per heavy atom. The second-order valence-corrected chi connectivity index (χ2v) is 12.7. The third-order valence-electron chi connectivity index (χ3n) is 5.03. The number of rotatable bonds is 14. The molecule has 2 aromatic rings. The largest absolute Gasteiger partial charge is 0.478 e. The first-order chi connectivity index (χ1) is 18.6. The molecule has 2 radical (unpaired) electrons. The predicted molar refractivity (Wildman–Crippen MR) is 152 cm³/mol. The molecular formula is C30H38O8Sn. The van der Waals surface area contributed by atoms with Gasteiger partial charge in [0.15, 0.2) is 0 Å². The molecule has 0 aliphatic rings. The van der Waals surface area contributed by atoms with Gasteiger partial charge in [0, 0.05) is 36.1 Å². The molecule has 0 saturated carbocycles. The van der Waals surface area contributed by atoms with E-state index in [4.69, 9.17) is 20.4 Å². The number of unbranched alkanes of at least 4 members (excludes halogenated alkanes) is 2. The summed E-state index contributed by atoms with van der Waals surface area (Å²) in [5.41, 5.74) is 1.28. The Morgan fingerprint density at radius 3 is 1.21 bits per heavy atom. The molecule has 0 bridgehead atoms. The van der Waals surface area contributed by atoms with E-state index in [0.29, 0.717) is 0 Å². The summed E-state index contributed by atoms with van der Waals surface area (Å²) in [5.74, 6) is -4.91. The van der Waals surface area contributed by atoms with Crippen LogP contribution < -0.4 is 0 Å². The Morgan fingerprint density at radius 1 is 0.615 bits per heavy atom. The first kappa shape index (κ1) is 35.6. The zero-order valence-electron chi connectivity index (χ0n) is 22.5. The monoisotopic (exact) mass is 646 g/mol. The van der Waals surface area contributed by atoms with Crippen LogP contribution >= 0.6 is 0 Å². The summed E-state index contributed by atoms with van der Waals surface area (Å²) in [7, 11) is 0. The van der Waals surface area contributed by atoms with Crippen molar-refractivity contribution in [2.24, 2.45) is 0 Å². The van der Waals surface area contributed by atoms with Crippen LogP contribution in [-0.2, 0) is 32.0 Å². The molecule has 0 saturated heterocycles. The Hall–Kier alpha value is -3.40. The van der Waals surface area contributed by atoms with E-state index in [-0.39, 0.29) is 45.1 Å². The van der Waals surface area contributed by atoms with Crippen molar-refractivity contribution in [2.75, 3.05) is 0 Å². The molecule has 0 amide bonds. The van der Waals surface area contributed by atoms with Crippen molar-refractivity contribution in [1.82, 2.24) is 0 Å². The van der Waals surface area contributed by atoms with Crippen LogP contribution in [0.1, 0.15) is 50.7 Å². The second kappa shape index (κ2) is 22.6. The van der Waals surface area contributed by atoms with Crippen LogP contribution in [0.3, 0.4) is 0 Å². The van der Waals surface area contributed by atoms with Crippen LogP contribution in [0, 0.1) is 0 Å². The van der Waals surface area contributed by atoms with Gasteiger partial charge in [-0.15, -0.1) is 0 Å². The van der Waals surface area contributed by atoms with E-state index in [2.05, 4.69) is 13.8 Å². The first-order valence-electron chi connectivity index (χ1n) is 12.7. The number of carbonyl (C=O) groups is 4. The quantitative estimate of drug-likeness (QED) is 0.115. The molecule has 39 heavy (non-hydrogen) atoms. The molecule has 0 aromatic heterocycles. The zero-order valence-corrected chi connectivity index (χ0v) is 25.4. The molecule has 9 heteroatoms. The molecule has 0 aliphatic heterocycles. The summed E-state index contributed by atoms with van der Waals surface area (Å²) in [6.07, 6.45) is 7.50. The Labute approximate surface area is 240 Å². The van der Waals surface area contributed by atoms with Gasteiger partial charge in [0.05, 0.1) is 0 Å². The molecule has 0 unspecified atom stereocenters. The molecule has 210 valence electrons. The summed E-state index contributed by atoms with van der Waals surface area (Å²) in [4.78, 5) is 42.1. The van der Waals surface area contributed by atoms with E-state index in [1.165, 1.54) is 25.7 Å². The summed E-state index contributed by atoms with van der Waals surface area (Å²) in [5, 5.41) is 34.4. The van der Waals surface area contributed by atoms with Crippen molar-refractivity contribution in [3.63, 3.8) is 0 Å². The SMILES string of the molecule is CCC[CH2][Sn][CH2]CCC.O=C(O)/C=C(/Cc1ccccc1)C(=O)O.O=C(O)/C=C(/Cc1ccccc1)C(=O)O. The Balaban J connectivity index is 0.000000576. The topological polar surface area (TPSA) is 149 Å². The van der Waals surface area contributed by atoms with Gasteiger partial charge in [0.1, 0.15) is 0 Å². The van der Waals surface area contributed by atoms with Gasteiger partial charge in [-0.25, -0.2) is 19.2 Å². The maximum atomic E-state index is 10.7. The average Bonchev–Trinajstić information content (AvgIpc) is 2.89. The average molecular weight is 645 g/mol. The van der Waals surface area contributed by atoms with Crippen LogP contribution in [-0.4, -0.2) is 65.4 Å². The van der Waals surface area contributed by atoms with Crippen molar-refractivity contribution >= 4 is 45.0 Å². The fourth-order valence-electron chi connectivity index (χ4n) is 3.03. The zero-order chi connectivity index (χ0) is 29.5. The molecular weight excluding hydrogens is 607 g/mol. The van der Waals surface area contributed by atoms with Crippen molar-refractivity contribution in [3.05, 3.63) is 95.1 Å². The normalized spacial score (nSPS) is 10.8. The number of hydrogen-bond acceptors (Lipinski definition) is 4. The third-order valence-corrected chi connectivity index (χ3v) is 9.07. The minimum atomic E-state index is -1.25. The number of hydrogen-bond donors (Lipinski definition) is 4. The molecule has 0 fully saturated rings. The summed E-state index contributed by atoms with van der Waals surface area (Å²) in [6, 6.07) is 17.7. The van der Waals surface area contributed by atoms with E-state index in [0.717, 1.165) is 23.3 Å². The first-order valence-corrected chi connectivity index (χ1v) is 16.8. The maximum Gasteiger partial charge on any atom is 0.332 e. The van der Waals surface area contributed by atoms with E-state index in [9.17, 15) is 19.2 Å². The molecule has 0 heterocycles. The van der Waals surface area contributed by atoms with E-state index < -0.39 is 23.9 Å². The summed E-state index contributed by atoms with van der Waals surface area (Å²) < 4.78 is 3.25. The fourth-order valence-corrected chi connectivity index (χ4v) is 7.19. The maximum absolute atomic E-state index is 10.7.